The van der Waals surface area contributed by atoms with Crippen molar-refractivity contribution in [3.8, 4) is 5.75 Å². The standard InChI is InChI=1S/C16H18ClNO/c1-11-7-8-15(19-3)13(10-11)16(17)12(2)14-6-4-5-9-18-14/h4-10,12,16H,1-3H3. The van der Waals surface area contributed by atoms with Crippen molar-refractivity contribution in [3.63, 3.8) is 0 Å². The molecule has 0 amide bonds. The molecule has 0 N–H and O–H groups in total. The quantitative estimate of drug-likeness (QED) is 0.768. The molecule has 100 valence electrons. The molecule has 0 saturated carbocycles. The monoisotopic (exact) mass is 275 g/mol. The fraction of sp³-hybridized carbons (Fsp3) is 0.312. The normalized spacial score (nSPS) is 13.9. The second-order valence-corrected chi connectivity index (χ2v) is 5.16. The summed E-state index contributed by atoms with van der Waals surface area (Å²) in [6.07, 6.45) is 1.79. The Morgan fingerprint density at radius 1 is 1.21 bits per heavy atom. The van der Waals surface area contributed by atoms with Crippen LogP contribution in [0.2, 0.25) is 0 Å². The molecule has 1 aromatic carbocycles. The van der Waals surface area contributed by atoms with Crippen LogP contribution in [0.4, 0.5) is 0 Å². The van der Waals surface area contributed by atoms with Crippen molar-refractivity contribution in [2.24, 2.45) is 0 Å². The lowest BCUT2D eigenvalue weighted by molar-refractivity contribution is 0.407. The number of aromatic nitrogens is 1. The fourth-order valence-corrected chi connectivity index (χ4v) is 2.43. The summed E-state index contributed by atoms with van der Waals surface area (Å²) in [5, 5.41) is -0.162. The number of ether oxygens (including phenoxy) is 1. The fourth-order valence-electron chi connectivity index (χ4n) is 2.13. The van der Waals surface area contributed by atoms with Gasteiger partial charge in [0, 0.05) is 23.4 Å². The van der Waals surface area contributed by atoms with Crippen molar-refractivity contribution in [1.29, 1.82) is 0 Å². The highest BCUT2D eigenvalue weighted by atomic mass is 35.5. The van der Waals surface area contributed by atoms with E-state index in [0.29, 0.717) is 0 Å². The van der Waals surface area contributed by atoms with Crippen molar-refractivity contribution in [2.75, 3.05) is 7.11 Å². The van der Waals surface area contributed by atoms with Gasteiger partial charge in [-0.05, 0) is 25.1 Å². The van der Waals surface area contributed by atoms with Crippen LogP contribution in [-0.2, 0) is 0 Å². The van der Waals surface area contributed by atoms with Gasteiger partial charge < -0.3 is 4.74 Å². The first-order valence-electron chi connectivity index (χ1n) is 6.33. The molecule has 0 aliphatic heterocycles. The maximum absolute atomic E-state index is 6.63. The van der Waals surface area contributed by atoms with Gasteiger partial charge in [-0.3, -0.25) is 4.98 Å². The molecule has 1 heterocycles. The van der Waals surface area contributed by atoms with Gasteiger partial charge in [0.25, 0.3) is 0 Å². The Bertz CT molecular complexity index is 542. The Balaban J connectivity index is 2.33. The Morgan fingerprint density at radius 3 is 2.63 bits per heavy atom. The number of nitrogens with zero attached hydrogens (tertiary/aromatic N) is 1. The minimum atomic E-state index is -0.162. The van der Waals surface area contributed by atoms with E-state index in [-0.39, 0.29) is 11.3 Å². The summed E-state index contributed by atoms with van der Waals surface area (Å²) < 4.78 is 5.40. The van der Waals surface area contributed by atoms with Crippen LogP contribution in [0.15, 0.2) is 42.6 Å². The number of halogens is 1. The van der Waals surface area contributed by atoms with Crippen molar-refractivity contribution in [2.45, 2.75) is 25.1 Å². The molecule has 19 heavy (non-hydrogen) atoms. The Morgan fingerprint density at radius 2 is 2.00 bits per heavy atom. The lowest BCUT2D eigenvalue weighted by atomic mass is 9.95. The lowest BCUT2D eigenvalue weighted by Gasteiger charge is -2.20. The minimum absolute atomic E-state index is 0.124. The summed E-state index contributed by atoms with van der Waals surface area (Å²) in [6.45, 7) is 4.14. The van der Waals surface area contributed by atoms with Crippen LogP contribution < -0.4 is 4.74 Å². The van der Waals surface area contributed by atoms with E-state index in [2.05, 4.69) is 24.9 Å². The Kier molecular flexibility index (Phi) is 4.43. The number of rotatable bonds is 4. The van der Waals surface area contributed by atoms with E-state index in [4.69, 9.17) is 16.3 Å². The van der Waals surface area contributed by atoms with E-state index in [9.17, 15) is 0 Å². The highest BCUT2D eigenvalue weighted by Gasteiger charge is 2.22. The van der Waals surface area contributed by atoms with Crippen LogP contribution in [0.1, 0.15) is 35.0 Å². The average Bonchev–Trinajstić information content (AvgIpc) is 2.46. The molecule has 3 heteroatoms. The number of pyridine rings is 1. The van der Waals surface area contributed by atoms with Gasteiger partial charge >= 0.3 is 0 Å². The number of hydrogen-bond acceptors (Lipinski definition) is 2. The summed E-state index contributed by atoms with van der Waals surface area (Å²) in [6, 6.07) is 12.0. The first-order valence-corrected chi connectivity index (χ1v) is 6.76. The summed E-state index contributed by atoms with van der Waals surface area (Å²) in [4.78, 5) is 4.38. The van der Waals surface area contributed by atoms with Crippen LogP contribution in [0.25, 0.3) is 0 Å². The van der Waals surface area contributed by atoms with E-state index < -0.39 is 0 Å². The van der Waals surface area contributed by atoms with Crippen molar-refractivity contribution in [1.82, 2.24) is 4.98 Å². The van der Waals surface area contributed by atoms with Crippen LogP contribution in [-0.4, -0.2) is 12.1 Å². The molecule has 0 radical (unpaired) electrons. The topological polar surface area (TPSA) is 22.1 Å². The largest absolute Gasteiger partial charge is 0.496 e. The second-order valence-electron chi connectivity index (χ2n) is 4.69. The zero-order valence-corrected chi connectivity index (χ0v) is 12.2. The van der Waals surface area contributed by atoms with Gasteiger partial charge in [-0.25, -0.2) is 0 Å². The van der Waals surface area contributed by atoms with Crippen LogP contribution in [0.5, 0.6) is 5.75 Å². The van der Waals surface area contributed by atoms with Gasteiger partial charge in [-0.1, -0.05) is 30.7 Å². The van der Waals surface area contributed by atoms with E-state index in [0.717, 1.165) is 17.0 Å². The molecule has 0 saturated heterocycles. The molecule has 0 aliphatic carbocycles. The highest BCUT2D eigenvalue weighted by molar-refractivity contribution is 6.21. The molecule has 0 aliphatic rings. The Labute approximate surface area is 119 Å². The maximum atomic E-state index is 6.63. The molecule has 0 fully saturated rings. The molecule has 2 nitrogen and oxygen atoms in total. The van der Waals surface area contributed by atoms with E-state index in [1.165, 1.54) is 5.56 Å². The van der Waals surface area contributed by atoms with Crippen molar-refractivity contribution < 1.29 is 4.74 Å². The molecule has 2 aromatic rings. The summed E-state index contributed by atoms with van der Waals surface area (Å²) >= 11 is 6.63. The van der Waals surface area contributed by atoms with E-state index >= 15 is 0 Å². The molecular weight excluding hydrogens is 258 g/mol. The number of methoxy groups -OCH3 is 1. The molecule has 0 bridgehead atoms. The third-order valence-electron chi connectivity index (χ3n) is 3.28. The Hall–Kier alpha value is -1.54. The van der Waals surface area contributed by atoms with Gasteiger partial charge in [0.05, 0.1) is 12.5 Å². The predicted octanol–water partition coefficient (Wildman–Crippen LogP) is 4.48. The SMILES string of the molecule is COc1ccc(C)cc1C(Cl)C(C)c1ccccn1. The summed E-state index contributed by atoms with van der Waals surface area (Å²) in [7, 11) is 1.67. The molecule has 0 spiro atoms. The maximum Gasteiger partial charge on any atom is 0.123 e. The number of benzene rings is 1. The van der Waals surface area contributed by atoms with E-state index in [1.807, 2.05) is 30.3 Å². The zero-order valence-electron chi connectivity index (χ0n) is 11.4. The number of aryl methyl sites for hydroxylation is 1. The van der Waals surface area contributed by atoms with Crippen LogP contribution in [0.3, 0.4) is 0 Å². The van der Waals surface area contributed by atoms with Gasteiger partial charge in [-0.2, -0.15) is 0 Å². The molecular formula is C16H18ClNO. The van der Waals surface area contributed by atoms with E-state index in [1.54, 1.807) is 13.3 Å². The van der Waals surface area contributed by atoms with Gasteiger partial charge in [0.2, 0.25) is 0 Å². The summed E-state index contributed by atoms with van der Waals surface area (Å²) in [5.41, 5.74) is 3.18. The second kappa shape index (κ2) is 6.07. The molecule has 2 atom stereocenters. The van der Waals surface area contributed by atoms with Gasteiger partial charge in [0.1, 0.15) is 5.75 Å². The van der Waals surface area contributed by atoms with Crippen molar-refractivity contribution >= 4 is 11.6 Å². The first-order chi connectivity index (χ1) is 9.13. The van der Waals surface area contributed by atoms with Crippen molar-refractivity contribution in [3.05, 3.63) is 59.4 Å². The van der Waals surface area contributed by atoms with Crippen LogP contribution in [0, 0.1) is 6.92 Å². The molecule has 2 unspecified atom stereocenters. The van der Waals surface area contributed by atoms with Crippen LogP contribution >= 0.6 is 11.6 Å². The van der Waals surface area contributed by atoms with Gasteiger partial charge in [-0.15, -0.1) is 11.6 Å². The third kappa shape index (κ3) is 3.07. The number of alkyl halides is 1. The predicted molar refractivity (Wildman–Crippen MR) is 79.0 cm³/mol. The first kappa shape index (κ1) is 13.9. The highest BCUT2D eigenvalue weighted by Crippen LogP contribution is 2.39. The smallest absolute Gasteiger partial charge is 0.123 e. The molecule has 2 rings (SSSR count). The lowest BCUT2D eigenvalue weighted by Crippen LogP contribution is -2.06. The average molecular weight is 276 g/mol. The minimum Gasteiger partial charge on any atom is -0.496 e. The zero-order chi connectivity index (χ0) is 13.8. The third-order valence-corrected chi connectivity index (χ3v) is 3.89. The molecule has 1 aromatic heterocycles. The number of hydrogen-bond donors (Lipinski definition) is 0. The summed E-state index contributed by atoms with van der Waals surface area (Å²) in [5.74, 6) is 0.951. The van der Waals surface area contributed by atoms with Gasteiger partial charge in [0.15, 0.2) is 0 Å².